The van der Waals surface area contributed by atoms with Crippen LogP contribution in [0.4, 0.5) is 0 Å². The van der Waals surface area contributed by atoms with Gasteiger partial charge in [-0.1, -0.05) is 13.0 Å². The predicted molar refractivity (Wildman–Crippen MR) is 156 cm³/mol. The number of rotatable bonds is 9. The van der Waals surface area contributed by atoms with Crippen LogP contribution in [0.15, 0.2) is 43.0 Å². The molecule has 0 spiro atoms. The van der Waals surface area contributed by atoms with Crippen LogP contribution in [0.3, 0.4) is 0 Å². The molecular weight excluding hydrogens is 532 g/mol. The maximum absolute atomic E-state index is 13.9. The van der Waals surface area contributed by atoms with E-state index in [1.165, 1.54) is 11.6 Å². The van der Waals surface area contributed by atoms with Gasteiger partial charge in [-0.25, -0.2) is 9.97 Å². The minimum Gasteiger partial charge on any atom is -0.327 e. The van der Waals surface area contributed by atoms with E-state index in [0.717, 1.165) is 24.9 Å². The number of amides is 1. The van der Waals surface area contributed by atoms with E-state index in [2.05, 4.69) is 36.9 Å². The fraction of sp³-hybridized carbons (Fsp3) is 0.419. The Kier molecular flexibility index (Phi) is 6.92. The van der Waals surface area contributed by atoms with Gasteiger partial charge in [0.2, 0.25) is 11.7 Å². The SMILES string of the molecule is CC(=O)c1nn(CC(=O)N2C(C(=O)c3ccc(CCN(C)C)cn3)CC3(C)CC23)c2cnc(-c3cnc(C)nc3)cc12. The van der Waals surface area contributed by atoms with Gasteiger partial charge in [0.1, 0.15) is 23.8 Å². The molecule has 42 heavy (non-hydrogen) atoms. The van der Waals surface area contributed by atoms with Crippen molar-refractivity contribution in [3.8, 4) is 11.3 Å². The molecule has 11 heteroatoms. The number of likely N-dealkylation sites (N-methyl/N-ethyl adjacent to an activating group) is 1. The van der Waals surface area contributed by atoms with Crippen LogP contribution in [-0.2, 0) is 17.8 Å². The summed E-state index contributed by atoms with van der Waals surface area (Å²) in [5.41, 5.74) is 3.51. The maximum atomic E-state index is 13.9. The first kappa shape index (κ1) is 27.8. The summed E-state index contributed by atoms with van der Waals surface area (Å²) in [6.07, 6.45) is 9.05. The molecule has 0 N–H and O–H groups in total. The van der Waals surface area contributed by atoms with Gasteiger partial charge in [0.05, 0.1) is 23.4 Å². The van der Waals surface area contributed by atoms with Crippen molar-refractivity contribution < 1.29 is 14.4 Å². The van der Waals surface area contributed by atoms with Gasteiger partial charge in [-0.2, -0.15) is 5.10 Å². The molecule has 1 aliphatic heterocycles. The molecule has 0 radical (unpaired) electrons. The number of aromatic nitrogens is 6. The zero-order valence-electron chi connectivity index (χ0n) is 24.5. The second-order valence-electron chi connectivity index (χ2n) is 12.0. The normalized spacial score (nSPS) is 21.1. The highest BCUT2D eigenvalue weighted by Gasteiger charge is 2.64. The Morgan fingerprint density at radius 1 is 1.02 bits per heavy atom. The quantitative estimate of drug-likeness (QED) is 0.281. The second-order valence-corrected chi connectivity index (χ2v) is 12.0. The lowest BCUT2D eigenvalue weighted by Crippen LogP contribution is -2.45. The van der Waals surface area contributed by atoms with Gasteiger partial charge in [-0.05, 0) is 63.4 Å². The van der Waals surface area contributed by atoms with E-state index in [4.69, 9.17) is 0 Å². The molecule has 3 unspecified atom stereocenters. The number of pyridine rings is 2. The third-order valence-corrected chi connectivity index (χ3v) is 8.48. The van der Waals surface area contributed by atoms with Crippen LogP contribution < -0.4 is 0 Å². The summed E-state index contributed by atoms with van der Waals surface area (Å²) in [6.45, 7) is 6.17. The molecule has 2 aliphatic rings. The number of carbonyl (C=O) groups is 3. The maximum Gasteiger partial charge on any atom is 0.245 e. The molecule has 0 aromatic carbocycles. The average molecular weight is 567 g/mol. The number of Topliss-reactive ketones (excluding diaryl/α,β-unsaturated/α-hetero) is 2. The van der Waals surface area contributed by atoms with E-state index < -0.39 is 6.04 Å². The molecule has 3 atom stereocenters. The Balaban J connectivity index is 1.26. The van der Waals surface area contributed by atoms with Crippen LogP contribution in [-0.4, -0.2) is 89.7 Å². The number of carbonyl (C=O) groups excluding carboxylic acids is 3. The van der Waals surface area contributed by atoms with Crippen LogP contribution in [0.5, 0.6) is 0 Å². The van der Waals surface area contributed by atoms with Gasteiger partial charge in [-0.15, -0.1) is 0 Å². The Hall–Kier alpha value is -4.38. The van der Waals surface area contributed by atoms with E-state index in [9.17, 15) is 14.4 Å². The molecule has 5 heterocycles. The van der Waals surface area contributed by atoms with Crippen LogP contribution in [0.25, 0.3) is 22.2 Å². The van der Waals surface area contributed by atoms with Crippen molar-refractivity contribution in [2.75, 3.05) is 20.6 Å². The van der Waals surface area contributed by atoms with Crippen molar-refractivity contribution in [1.29, 1.82) is 0 Å². The van der Waals surface area contributed by atoms with Gasteiger partial charge in [0, 0.05) is 49.1 Å². The molecule has 4 aromatic rings. The second kappa shape index (κ2) is 10.5. The molecule has 1 saturated heterocycles. The molecule has 11 nitrogen and oxygen atoms in total. The van der Waals surface area contributed by atoms with Gasteiger partial charge >= 0.3 is 0 Å². The lowest BCUT2D eigenvalue weighted by molar-refractivity contribution is -0.133. The lowest BCUT2D eigenvalue weighted by atomic mass is 9.97. The minimum absolute atomic E-state index is 0.00122. The summed E-state index contributed by atoms with van der Waals surface area (Å²) in [6, 6.07) is 4.91. The van der Waals surface area contributed by atoms with Gasteiger partial charge in [0.25, 0.3) is 0 Å². The fourth-order valence-electron chi connectivity index (χ4n) is 5.95. The Morgan fingerprint density at radius 2 is 1.79 bits per heavy atom. The third-order valence-electron chi connectivity index (χ3n) is 8.48. The zero-order chi connectivity index (χ0) is 29.8. The van der Waals surface area contributed by atoms with E-state index in [1.807, 2.05) is 20.2 Å². The summed E-state index contributed by atoms with van der Waals surface area (Å²) < 4.78 is 1.52. The van der Waals surface area contributed by atoms with Crippen molar-refractivity contribution in [3.63, 3.8) is 0 Å². The molecule has 6 rings (SSSR count). The molecule has 216 valence electrons. The standard InChI is InChI=1S/C31H34N8O3/c1-18(40)29-22-10-24(21-14-32-19(2)33-15-21)35-16-26(22)38(36-29)17-28(41)39-25(11-31(3)12-27(31)39)30(42)23-7-6-20(13-34-23)8-9-37(4)5/h6-7,10,13-16,25,27H,8-9,11-12,17H2,1-5H3. The van der Waals surface area contributed by atoms with Crippen LogP contribution in [0.2, 0.25) is 0 Å². The van der Waals surface area contributed by atoms with Crippen molar-refractivity contribution in [2.45, 2.75) is 58.7 Å². The highest BCUT2D eigenvalue weighted by atomic mass is 16.2. The first-order chi connectivity index (χ1) is 20.0. The Bertz CT molecular complexity index is 1700. The summed E-state index contributed by atoms with van der Waals surface area (Å²) in [4.78, 5) is 61.4. The van der Waals surface area contributed by atoms with Crippen LogP contribution in [0.1, 0.15) is 59.1 Å². The molecule has 1 saturated carbocycles. The van der Waals surface area contributed by atoms with E-state index in [-0.39, 0.29) is 41.2 Å². The summed E-state index contributed by atoms with van der Waals surface area (Å²) in [5.74, 6) is 0.0800. The lowest BCUT2D eigenvalue weighted by Gasteiger charge is -2.26. The molecule has 1 aliphatic carbocycles. The molecule has 0 bridgehead atoms. The summed E-state index contributed by atoms with van der Waals surface area (Å²) in [7, 11) is 4.04. The number of piperidine rings is 1. The van der Waals surface area contributed by atoms with Gasteiger partial charge in [0.15, 0.2) is 5.78 Å². The third kappa shape index (κ3) is 5.09. The number of likely N-dealkylation sites (tertiary alicyclic amines) is 1. The van der Waals surface area contributed by atoms with E-state index >= 15 is 0 Å². The fourth-order valence-corrected chi connectivity index (χ4v) is 5.95. The first-order valence-corrected chi connectivity index (χ1v) is 14.2. The van der Waals surface area contributed by atoms with E-state index in [0.29, 0.717) is 40.1 Å². The highest BCUT2D eigenvalue weighted by Crippen LogP contribution is 2.59. The van der Waals surface area contributed by atoms with Crippen molar-refractivity contribution in [1.82, 2.24) is 39.5 Å². The molecule has 2 fully saturated rings. The Morgan fingerprint density at radius 3 is 2.45 bits per heavy atom. The highest BCUT2D eigenvalue weighted by molar-refractivity contribution is 6.06. The largest absolute Gasteiger partial charge is 0.327 e. The zero-order valence-corrected chi connectivity index (χ0v) is 24.5. The molecule has 1 amide bonds. The predicted octanol–water partition coefficient (Wildman–Crippen LogP) is 3.16. The number of hydrogen-bond donors (Lipinski definition) is 0. The topological polar surface area (TPSA) is 127 Å². The van der Waals surface area contributed by atoms with Crippen molar-refractivity contribution >= 4 is 28.4 Å². The molecule has 4 aromatic heterocycles. The summed E-state index contributed by atoms with van der Waals surface area (Å²) >= 11 is 0. The van der Waals surface area contributed by atoms with Crippen LogP contribution in [0, 0.1) is 12.3 Å². The average Bonchev–Trinajstić information content (AvgIpc) is 3.33. The minimum atomic E-state index is -0.582. The van der Waals surface area contributed by atoms with Gasteiger partial charge in [-0.3, -0.25) is 29.0 Å². The monoisotopic (exact) mass is 566 g/mol. The number of ketones is 2. The smallest absolute Gasteiger partial charge is 0.245 e. The number of hydrogen-bond acceptors (Lipinski definition) is 9. The Labute approximate surface area is 244 Å². The van der Waals surface area contributed by atoms with Crippen molar-refractivity contribution in [3.05, 3.63) is 65.8 Å². The molecular formula is C31H34N8O3. The number of fused-ring (bicyclic) bond motifs is 2. The number of aryl methyl sites for hydroxylation is 1. The first-order valence-electron chi connectivity index (χ1n) is 14.2. The van der Waals surface area contributed by atoms with Crippen molar-refractivity contribution in [2.24, 2.45) is 5.41 Å². The van der Waals surface area contributed by atoms with Gasteiger partial charge < -0.3 is 9.80 Å². The summed E-state index contributed by atoms with van der Waals surface area (Å²) in [5, 5.41) is 5.12. The van der Waals surface area contributed by atoms with Crippen LogP contribution >= 0.6 is 0 Å². The van der Waals surface area contributed by atoms with E-state index in [1.54, 1.807) is 48.7 Å². The number of nitrogens with zero attached hydrogens (tertiary/aromatic N) is 8.